The van der Waals surface area contributed by atoms with Gasteiger partial charge in [-0.2, -0.15) is 0 Å². The molecule has 2 aliphatic heterocycles. The zero-order valence-electron chi connectivity index (χ0n) is 10.4. The van der Waals surface area contributed by atoms with Gasteiger partial charge in [0.05, 0.1) is 11.0 Å². The van der Waals surface area contributed by atoms with E-state index in [1.54, 1.807) is 0 Å². The molecule has 5 heteroatoms. The van der Waals surface area contributed by atoms with Crippen molar-refractivity contribution in [1.82, 2.24) is 9.80 Å². The number of hydrogen-bond acceptors (Lipinski definition) is 2. The molecule has 1 atom stereocenters. The van der Waals surface area contributed by atoms with Crippen molar-refractivity contribution in [2.45, 2.75) is 38.6 Å². The fourth-order valence-corrected chi connectivity index (χ4v) is 2.92. The molecule has 0 aromatic heterocycles. The summed E-state index contributed by atoms with van der Waals surface area (Å²) in [6, 6.07) is 0.115. The average Bonchev–Trinajstić information content (AvgIpc) is 2.78. The second-order valence-electron chi connectivity index (χ2n) is 5.21. The van der Waals surface area contributed by atoms with Crippen molar-refractivity contribution < 1.29 is 4.79 Å². The van der Waals surface area contributed by atoms with Crippen LogP contribution in [0, 0.1) is 5.92 Å². The number of thiocarbonyl (C=S) groups is 1. The Kier molecular flexibility index (Phi) is 3.86. The maximum atomic E-state index is 12.4. The van der Waals surface area contributed by atoms with Gasteiger partial charge in [0, 0.05) is 19.6 Å². The van der Waals surface area contributed by atoms with Crippen LogP contribution in [0.5, 0.6) is 0 Å². The summed E-state index contributed by atoms with van der Waals surface area (Å²) >= 11 is 5.04. The van der Waals surface area contributed by atoms with Crippen LogP contribution in [-0.4, -0.2) is 46.5 Å². The summed E-state index contributed by atoms with van der Waals surface area (Å²) in [5.74, 6) is 0.740. The fourth-order valence-electron chi connectivity index (χ4n) is 2.67. The van der Waals surface area contributed by atoms with E-state index in [9.17, 15) is 4.79 Å². The largest absolute Gasteiger partial charge is 0.392 e. The van der Waals surface area contributed by atoms with Crippen LogP contribution in [0.2, 0.25) is 0 Å². The minimum atomic E-state index is -0.0168. The van der Waals surface area contributed by atoms with Crippen LogP contribution in [-0.2, 0) is 0 Å². The van der Waals surface area contributed by atoms with Crippen LogP contribution < -0.4 is 5.73 Å². The van der Waals surface area contributed by atoms with Crippen molar-refractivity contribution in [3.05, 3.63) is 0 Å². The van der Waals surface area contributed by atoms with Crippen LogP contribution in [0.15, 0.2) is 0 Å². The van der Waals surface area contributed by atoms with Crippen molar-refractivity contribution in [3.63, 3.8) is 0 Å². The van der Waals surface area contributed by atoms with Gasteiger partial charge in [0.15, 0.2) is 0 Å². The number of rotatable bonds is 1. The summed E-state index contributed by atoms with van der Waals surface area (Å²) in [6.07, 6.45) is 4.15. The van der Waals surface area contributed by atoms with E-state index in [1.165, 1.54) is 0 Å². The highest BCUT2D eigenvalue weighted by Crippen LogP contribution is 2.22. The molecule has 2 N–H and O–H groups in total. The summed E-state index contributed by atoms with van der Waals surface area (Å²) < 4.78 is 0. The van der Waals surface area contributed by atoms with E-state index >= 15 is 0 Å². The lowest BCUT2D eigenvalue weighted by molar-refractivity contribution is 0.138. The van der Waals surface area contributed by atoms with Crippen molar-refractivity contribution >= 4 is 23.2 Å². The van der Waals surface area contributed by atoms with Crippen molar-refractivity contribution in [2.24, 2.45) is 11.7 Å². The van der Waals surface area contributed by atoms with Gasteiger partial charge in [-0.15, -0.1) is 0 Å². The Balaban J connectivity index is 1.97. The number of carbonyl (C=O) groups excluding carboxylic acids is 1. The Morgan fingerprint density at radius 1 is 1.24 bits per heavy atom. The minimum absolute atomic E-state index is 0.0168. The summed E-state index contributed by atoms with van der Waals surface area (Å²) in [6.45, 7) is 4.80. The highest BCUT2D eigenvalue weighted by Gasteiger charge is 2.34. The molecular weight excluding hydrogens is 234 g/mol. The molecule has 0 radical (unpaired) electrons. The summed E-state index contributed by atoms with van der Waals surface area (Å²) in [5.41, 5.74) is 5.70. The smallest absolute Gasteiger partial charge is 0.320 e. The number of hydrogen-bond donors (Lipinski definition) is 1. The van der Waals surface area contributed by atoms with Gasteiger partial charge in [-0.1, -0.05) is 19.1 Å². The van der Waals surface area contributed by atoms with Gasteiger partial charge in [-0.3, -0.25) is 0 Å². The lowest BCUT2D eigenvalue weighted by atomic mass is 9.99. The van der Waals surface area contributed by atoms with Gasteiger partial charge in [0.1, 0.15) is 0 Å². The summed E-state index contributed by atoms with van der Waals surface area (Å²) in [7, 11) is 0. The molecular formula is C12H21N3OS. The number of amides is 2. The number of urea groups is 1. The van der Waals surface area contributed by atoms with Gasteiger partial charge in [0.2, 0.25) is 0 Å². The number of likely N-dealkylation sites (tertiary alicyclic amines) is 2. The second-order valence-corrected chi connectivity index (χ2v) is 5.68. The van der Waals surface area contributed by atoms with Crippen LogP contribution >= 0.6 is 12.2 Å². The van der Waals surface area contributed by atoms with Crippen molar-refractivity contribution in [2.75, 3.05) is 19.6 Å². The topological polar surface area (TPSA) is 49.6 Å². The Hall–Kier alpha value is -0.840. The molecule has 1 unspecified atom stereocenters. The third kappa shape index (κ3) is 2.70. The molecule has 0 aromatic carbocycles. The lowest BCUT2D eigenvalue weighted by Crippen LogP contribution is -2.51. The number of carbonyl (C=O) groups is 1. The van der Waals surface area contributed by atoms with Gasteiger partial charge >= 0.3 is 6.03 Å². The van der Waals surface area contributed by atoms with E-state index in [2.05, 4.69) is 6.92 Å². The molecule has 96 valence electrons. The molecule has 2 rings (SSSR count). The molecule has 0 saturated carbocycles. The van der Waals surface area contributed by atoms with Crippen molar-refractivity contribution in [3.8, 4) is 0 Å². The van der Waals surface area contributed by atoms with Crippen LogP contribution in [0.1, 0.15) is 32.6 Å². The maximum Gasteiger partial charge on any atom is 0.320 e. The van der Waals surface area contributed by atoms with Crippen LogP contribution in [0.3, 0.4) is 0 Å². The predicted octanol–water partition coefficient (Wildman–Crippen LogP) is 1.59. The first-order chi connectivity index (χ1) is 8.09. The van der Waals surface area contributed by atoms with Crippen LogP contribution in [0.4, 0.5) is 4.79 Å². The molecule has 2 saturated heterocycles. The quantitative estimate of drug-likeness (QED) is 0.724. The highest BCUT2D eigenvalue weighted by atomic mass is 32.1. The van der Waals surface area contributed by atoms with E-state index in [0.29, 0.717) is 4.99 Å². The zero-order chi connectivity index (χ0) is 12.4. The van der Waals surface area contributed by atoms with E-state index < -0.39 is 0 Å². The minimum Gasteiger partial charge on any atom is -0.392 e. The molecule has 0 spiro atoms. The Morgan fingerprint density at radius 3 is 2.47 bits per heavy atom. The van der Waals surface area contributed by atoms with Gasteiger partial charge in [0.25, 0.3) is 0 Å². The number of nitrogens with zero attached hydrogens (tertiary/aromatic N) is 2. The third-order valence-corrected chi connectivity index (χ3v) is 4.15. The Labute approximate surface area is 108 Å². The van der Waals surface area contributed by atoms with Gasteiger partial charge < -0.3 is 15.5 Å². The predicted molar refractivity (Wildman–Crippen MR) is 71.9 cm³/mol. The summed E-state index contributed by atoms with van der Waals surface area (Å²) in [5, 5.41) is 0. The molecule has 2 amide bonds. The molecule has 0 aromatic rings. The Morgan fingerprint density at radius 2 is 1.88 bits per heavy atom. The average molecular weight is 255 g/mol. The number of nitrogens with two attached hydrogens (primary N) is 1. The molecule has 0 bridgehead atoms. The third-order valence-electron chi connectivity index (χ3n) is 3.88. The fraction of sp³-hybridized carbons (Fsp3) is 0.833. The standard InChI is InChI=1S/C12H21N3OS/c1-9-4-7-14(8-5-9)12(16)15-6-2-3-10(15)11(13)17/h9-10H,2-8H2,1H3,(H2,13,17). The molecule has 2 aliphatic rings. The first-order valence-electron chi connectivity index (χ1n) is 6.44. The SMILES string of the molecule is CC1CCN(C(=O)N2CCCC2C(N)=S)CC1. The first kappa shape index (κ1) is 12.6. The normalized spacial score (nSPS) is 26.3. The summed E-state index contributed by atoms with van der Waals surface area (Å²) in [4.78, 5) is 16.6. The lowest BCUT2D eigenvalue weighted by Gasteiger charge is -2.35. The van der Waals surface area contributed by atoms with E-state index in [1.807, 2.05) is 9.80 Å². The van der Waals surface area contributed by atoms with Crippen LogP contribution in [0.25, 0.3) is 0 Å². The first-order valence-corrected chi connectivity index (χ1v) is 6.85. The van der Waals surface area contributed by atoms with Gasteiger partial charge in [-0.05, 0) is 31.6 Å². The molecule has 0 aliphatic carbocycles. The molecule has 2 fully saturated rings. The van der Waals surface area contributed by atoms with E-state index in [0.717, 1.165) is 51.2 Å². The monoisotopic (exact) mass is 255 g/mol. The zero-order valence-corrected chi connectivity index (χ0v) is 11.2. The van der Waals surface area contributed by atoms with Gasteiger partial charge in [-0.25, -0.2) is 4.79 Å². The maximum absolute atomic E-state index is 12.4. The highest BCUT2D eigenvalue weighted by molar-refractivity contribution is 7.80. The molecule has 17 heavy (non-hydrogen) atoms. The molecule has 2 heterocycles. The van der Waals surface area contributed by atoms with Crippen molar-refractivity contribution in [1.29, 1.82) is 0 Å². The van der Waals surface area contributed by atoms with E-state index in [-0.39, 0.29) is 12.1 Å². The molecule has 4 nitrogen and oxygen atoms in total. The number of piperidine rings is 1. The Bertz CT molecular complexity index is 313. The second kappa shape index (κ2) is 5.21. The van der Waals surface area contributed by atoms with E-state index in [4.69, 9.17) is 18.0 Å².